The lowest BCUT2D eigenvalue weighted by molar-refractivity contribution is -0.274. The maximum Gasteiger partial charge on any atom is 0.573 e. The number of alkyl halides is 3. The molecule has 3 rings (SSSR count). The lowest BCUT2D eigenvalue weighted by Crippen LogP contribution is -2.24. The standard InChI is InChI=1S/C26H26F3N5OS/c1-17(2)21-8-4-6-10-23(21)31-25(36)34-30-16-19-12-14-20(15-13-19)33-32-18(3)22-9-5-7-11-24(22)35-26(27,28)29/h4-17,33H,1-3H3,(H2,31,34,36)/b30-16+,32-18+. The van der Waals surface area contributed by atoms with E-state index in [2.05, 4.69) is 51.0 Å². The van der Waals surface area contributed by atoms with Crippen LogP contribution >= 0.6 is 12.2 Å². The Morgan fingerprint density at radius 1 is 0.972 bits per heavy atom. The molecule has 10 heteroatoms. The first-order chi connectivity index (χ1) is 17.1. The maximum atomic E-state index is 12.6. The van der Waals surface area contributed by atoms with Gasteiger partial charge in [-0.15, -0.1) is 13.2 Å². The van der Waals surface area contributed by atoms with Gasteiger partial charge in [0.05, 0.1) is 17.6 Å². The molecule has 0 saturated carbocycles. The minimum Gasteiger partial charge on any atom is -0.405 e. The second-order valence-electron chi connectivity index (χ2n) is 8.04. The van der Waals surface area contributed by atoms with Gasteiger partial charge in [0, 0.05) is 11.3 Å². The number of thiocarbonyl (C=S) groups is 1. The summed E-state index contributed by atoms with van der Waals surface area (Å²) in [7, 11) is 0. The summed E-state index contributed by atoms with van der Waals surface area (Å²) < 4.78 is 42.0. The summed E-state index contributed by atoms with van der Waals surface area (Å²) in [5, 5.41) is 11.9. The van der Waals surface area contributed by atoms with Crippen molar-refractivity contribution < 1.29 is 17.9 Å². The van der Waals surface area contributed by atoms with Crippen molar-refractivity contribution in [2.45, 2.75) is 33.1 Å². The van der Waals surface area contributed by atoms with Crippen LogP contribution in [0.25, 0.3) is 0 Å². The van der Waals surface area contributed by atoms with E-state index in [0.717, 1.165) is 16.8 Å². The highest BCUT2D eigenvalue weighted by atomic mass is 32.1. The summed E-state index contributed by atoms with van der Waals surface area (Å²) in [6.07, 6.45) is -3.17. The van der Waals surface area contributed by atoms with Gasteiger partial charge >= 0.3 is 6.36 Å². The van der Waals surface area contributed by atoms with Crippen molar-refractivity contribution in [3.05, 3.63) is 89.5 Å². The predicted octanol–water partition coefficient (Wildman–Crippen LogP) is 6.87. The highest BCUT2D eigenvalue weighted by Gasteiger charge is 2.32. The van der Waals surface area contributed by atoms with E-state index in [-0.39, 0.29) is 11.3 Å². The Morgan fingerprint density at radius 2 is 1.64 bits per heavy atom. The predicted molar refractivity (Wildman–Crippen MR) is 143 cm³/mol. The number of nitrogens with one attached hydrogen (secondary N) is 3. The lowest BCUT2D eigenvalue weighted by Gasteiger charge is -2.14. The number of para-hydroxylation sites is 2. The highest BCUT2D eigenvalue weighted by molar-refractivity contribution is 7.80. The van der Waals surface area contributed by atoms with Gasteiger partial charge in [-0.05, 0) is 66.5 Å². The maximum absolute atomic E-state index is 12.6. The minimum atomic E-state index is -4.78. The average Bonchev–Trinajstić information content (AvgIpc) is 2.83. The summed E-state index contributed by atoms with van der Waals surface area (Å²) in [5.41, 5.74) is 9.75. The van der Waals surface area contributed by atoms with E-state index in [1.165, 1.54) is 18.2 Å². The van der Waals surface area contributed by atoms with Gasteiger partial charge < -0.3 is 10.1 Å². The molecule has 36 heavy (non-hydrogen) atoms. The Labute approximate surface area is 213 Å². The molecular formula is C26H26F3N5OS. The first kappa shape index (κ1) is 26.7. The molecule has 0 aromatic heterocycles. The number of benzene rings is 3. The van der Waals surface area contributed by atoms with E-state index in [4.69, 9.17) is 12.2 Å². The fourth-order valence-electron chi connectivity index (χ4n) is 3.26. The van der Waals surface area contributed by atoms with Gasteiger partial charge in [0.1, 0.15) is 5.75 Å². The molecule has 0 radical (unpaired) electrons. The SMILES string of the molecule is C/C(=N\Nc1ccc(/C=N/NC(=S)Nc2ccccc2C(C)C)cc1)c1ccccc1OC(F)(F)F. The van der Waals surface area contributed by atoms with Crippen molar-refractivity contribution in [1.29, 1.82) is 0 Å². The van der Waals surface area contributed by atoms with Crippen LogP contribution in [0.15, 0.2) is 83.0 Å². The zero-order valence-electron chi connectivity index (χ0n) is 19.9. The summed E-state index contributed by atoms with van der Waals surface area (Å²) in [5.74, 6) is 0.0374. The largest absolute Gasteiger partial charge is 0.573 e. The van der Waals surface area contributed by atoms with Gasteiger partial charge in [-0.2, -0.15) is 10.2 Å². The normalized spacial score (nSPS) is 12.0. The number of halogens is 3. The quantitative estimate of drug-likeness (QED) is 0.174. The van der Waals surface area contributed by atoms with Gasteiger partial charge in [0.25, 0.3) is 0 Å². The molecule has 188 valence electrons. The summed E-state index contributed by atoms with van der Waals surface area (Å²) in [4.78, 5) is 0. The van der Waals surface area contributed by atoms with Crippen molar-refractivity contribution in [1.82, 2.24) is 5.43 Å². The number of hydrazone groups is 2. The van der Waals surface area contributed by atoms with Crippen LogP contribution in [0.1, 0.15) is 43.4 Å². The smallest absolute Gasteiger partial charge is 0.405 e. The van der Waals surface area contributed by atoms with E-state index < -0.39 is 6.36 Å². The Bertz CT molecular complexity index is 1240. The molecule has 0 unspecified atom stereocenters. The molecule has 6 nitrogen and oxygen atoms in total. The molecule has 0 amide bonds. The Balaban J connectivity index is 1.57. The van der Waals surface area contributed by atoms with Crippen LogP contribution in [0.2, 0.25) is 0 Å². The third kappa shape index (κ3) is 8.09. The van der Waals surface area contributed by atoms with Crippen molar-refractivity contribution in [3.63, 3.8) is 0 Å². The van der Waals surface area contributed by atoms with Gasteiger partial charge in [-0.3, -0.25) is 10.9 Å². The van der Waals surface area contributed by atoms with E-state index >= 15 is 0 Å². The molecule has 0 aliphatic carbocycles. The van der Waals surface area contributed by atoms with Crippen LogP contribution in [-0.4, -0.2) is 23.4 Å². The molecular weight excluding hydrogens is 487 g/mol. The van der Waals surface area contributed by atoms with E-state index in [1.807, 2.05) is 30.3 Å². The fourth-order valence-corrected chi connectivity index (χ4v) is 3.42. The fraction of sp³-hybridized carbons (Fsp3) is 0.192. The number of hydrogen-bond acceptors (Lipinski definition) is 5. The van der Waals surface area contributed by atoms with Gasteiger partial charge in [-0.1, -0.05) is 56.3 Å². The Morgan fingerprint density at radius 3 is 2.33 bits per heavy atom. The third-order valence-corrected chi connectivity index (χ3v) is 5.17. The third-order valence-electron chi connectivity index (χ3n) is 4.98. The molecule has 3 aromatic rings. The monoisotopic (exact) mass is 513 g/mol. The van der Waals surface area contributed by atoms with Crippen LogP contribution < -0.4 is 20.9 Å². The van der Waals surface area contributed by atoms with Crippen LogP contribution in [-0.2, 0) is 0 Å². The lowest BCUT2D eigenvalue weighted by atomic mass is 10.0. The molecule has 0 aliphatic rings. The second kappa shape index (κ2) is 12.2. The van der Waals surface area contributed by atoms with Crippen molar-refractivity contribution in [2.75, 3.05) is 10.7 Å². The first-order valence-corrected chi connectivity index (χ1v) is 11.5. The topological polar surface area (TPSA) is 70.0 Å². The summed E-state index contributed by atoms with van der Waals surface area (Å²) in [6.45, 7) is 5.82. The van der Waals surface area contributed by atoms with Crippen LogP contribution in [0, 0.1) is 0 Å². The second-order valence-corrected chi connectivity index (χ2v) is 8.45. The molecule has 0 aliphatic heterocycles. The van der Waals surface area contributed by atoms with Crippen molar-refractivity contribution >= 4 is 40.6 Å². The summed E-state index contributed by atoms with van der Waals surface area (Å²) >= 11 is 5.32. The molecule has 0 atom stereocenters. The Kier molecular flexibility index (Phi) is 9.02. The number of rotatable bonds is 8. The van der Waals surface area contributed by atoms with Gasteiger partial charge in [-0.25, -0.2) is 0 Å². The Hall–Kier alpha value is -3.92. The van der Waals surface area contributed by atoms with Crippen LogP contribution in [0.4, 0.5) is 24.5 Å². The van der Waals surface area contributed by atoms with Crippen LogP contribution in [0.3, 0.4) is 0 Å². The molecule has 3 N–H and O–H groups in total. The van der Waals surface area contributed by atoms with Crippen LogP contribution in [0.5, 0.6) is 5.75 Å². The molecule has 0 heterocycles. The van der Waals surface area contributed by atoms with E-state index in [9.17, 15) is 13.2 Å². The molecule has 0 fully saturated rings. The molecule has 0 bridgehead atoms. The van der Waals surface area contributed by atoms with Gasteiger partial charge in [0.15, 0.2) is 5.11 Å². The number of anilines is 2. The number of hydrogen-bond donors (Lipinski definition) is 3. The number of ether oxygens (including phenoxy) is 1. The minimum absolute atomic E-state index is 0.234. The zero-order valence-corrected chi connectivity index (χ0v) is 20.7. The highest BCUT2D eigenvalue weighted by Crippen LogP contribution is 2.27. The molecule has 0 spiro atoms. The average molecular weight is 514 g/mol. The van der Waals surface area contributed by atoms with E-state index in [1.54, 1.807) is 31.3 Å². The van der Waals surface area contributed by atoms with Crippen molar-refractivity contribution in [3.8, 4) is 5.75 Å². The van der Waals surface area contributed by atoms with Gasteiger partial charge in [0.2, 0.25) is 0 Å². The zero-order chi connectivity index (χ0) is 26.1. The molecule has 0 saturated heterocycles. The first-order valence-electron chi connectivity index (χ1n) is 11.1. The van der Waals surface area contributed by atoms with E-state index in [0.29, 0.717) is 22.4 Å². The number of nitrogens with zero attached hydrogens (tertiary/aromatic N) is 2. The molecule has 3 aromatic carbocycles. The summed E-state index contributed by atoms with van der Waals surface area (Å²) in [6, 6.07) is 20.9. The van der Waals surface area contributed by atoms with Crippen molar-refractivity contribution in [2.24, 2.45) is 10.2 Å².